The number of hydrogen-bond donors (Lipinski definition) is 4. The Morgan fingerprint density at radius 1 is 1.19 bits per heavy atom. The molecule has 0 unspecified atom stereocenters. The van der Waals surface area contributed by atoms with Crippen molar-refractivity contribution in [1.82, 2.24) is 0 Å². The van der Waals surface area contributed by atoms with Gasteiger partial charge < -0.3 is 20.4 Å². The molecule has 0 spiro atoms. The average Bonchev–Trinajstić information content (AvgIpc) is 3.05. The zero-order valence-corrected chi connectivity index (χ0v) is 20.7. The molecular weight excluding hydrogens is 400 g/mol. The topological polar surface area (TPSA) is 80.9 Å². The third kappa shape index (κ3) is 5.75. The maximum Gasteiger partial charge on any atom is 0.0811 e. The normalized spacial score (nSPS) is 39.5. The van der Waals surface area contributed by atoms with Gasteiger partial charge in [0.15, 0.2) is 0 Å². The summed E-state index contributed by atoms with van der Waals surface area (Å²) in [6.45, 7) is 12.9. The number of aliphatic hydroxyl groups is 4. The van der Waals surface area contributed by atoms with Crippen LogP contribution in [0, 0.1) is 29.1 Å². The van der Waals surface area contributed by atoms with Gasteiger partial charge in [0.1, 0.15) is 0 Å². The van der Waals surface area contributed by atoms with Crippen molar-refractivity contribution in [2.45, 2.75) is 103 Å². The van der Waals surface area contributed by atoms with Gasteiger partial charge in [-0.25, -0.2) is 0 Å². The maximum absolute atomic E-state index is 10.2. The molecule has 32 heavy (non-hydrogen) atoms. The number of aliphatic hydroxyl groups excluding tert-OH is 3. The highest BCUT2D eigenvalue weighted by atomic mass is 16.3. The molecule has 0 aliphatic heterocycles. The van der Waals surface area contributed by atoms with E-state index in [1.807, 2.05) is 13.8 Å². The van der Waals surface area contributed by atoms with Crippen molar-refractivity contribution in [2.75, 3.05) is 6.61 Å². The van der Waals surface area contributed by atoms with Crippen LogP contribution in [0.3, 0.4) is 0 Å². The molecule has 4 N–H and O–H groups in total. The van der Waals surface area contributed by atoms with E-state index >= 15 is 0 Å². The van der Waals surface area contributed by atoms with E-state index in [1.165, 1.54) is 18.4 Å². The van der Waals surface area contributed by atoms with Crippen LogP contribution in [0.5, 0.6) is 0 Å². The van der Waals surface area contributed by atoms with Crippen LogP contribution in [0.15, 0.2) is 35.5 Å². The fraction of sp³-hybridized carbons (Fsp3) is 0.786. The lowest BCUT2D eigenvalue weighted by molar-refractivity contribution is 0.0407. The van der Waals surface area contributed by atoms with Crippen molar-refractivity contribution in [1.29, 1.82) is 0 Å². The minimum Gasteiger partial charge on any atom is -0.396 e. The first-order valence-electron chi connectivity index (χ1n) is 12.7. The summed E-state index contributed by atoms with van der Waals surface area (Å²) in [5, 5.41) is 40.4. The van der Waals surface area contributed by atoms with Gasteiger partial charge in [-0.2, -0.15) is 0 Å². The molecule has 4 heteroatoms. The zero-order chi connectivity index (χ0) is 23.7. The number of hydrogen-bond acceptors (Lipinski definition) is 4. The molecule has 0 heterocycles. The van der Waals surface area contributed by atoms with Crippen LogP contribution < -0.4 is 0 Å². The summed E-state index contributed by atoms with van der Waals surface area (Å²) in [6, 6.07) is 0. The lowest BCUT2D eigenvalue weighted by Gasteiger charge is -2.47. The second-order valence-electron chi connectivity index (χ2n) is 11.9. The van der Waals surface area contributed by atoms with Crippen molar-refractivity contribution in [3.63, 3.8) is 0 Å². The lowest BCUT2D eigenvalue weighted by atomic mass is 9.58. The Balaban J connectivity index is 1.78. The van der Waals surface area contributed by atoms with Gasteiger partial charge in [-0.3, -0.25) is 0 Å². The average molecular weight is 447 g/mol. The molecule has 3 saturated carbocycles. The third-order valence-electron chi connectivity index (χ3n) is 8.77. The van der Waals surface area contributed by atoms with E-state index in [2.05, 4.69) is 32.6 Å². The third-order valence-corrected chi connectivity index (χ3v) is 8.77. The molecule has 3 fully saturated rings. The molecule has 0 saturated heterocycles. The Hall–Kier alpha value is -0.940. The lowest BCUT2D eigenvalue weighted by Crippen LogP contribution is -2.40. The van der Waals surface area contributed by atoms with Gasteiger partial charge in [0.2, 0.25) is 0 Å². The molecule has 3 rings (SSSR count). The molecular formula is C28H46O4. The van der Waals surface area contributed by atoms with Crippen LogP contribution in [0.1, 0.15) is 85.5 Å². The van der Waals surface area contributed by atoms with E-state index in [9.17, 15) is 20.4 Å². The van der Waals surface area contributed by atoms with Crippen LogP contribution in [0.25, 0.3) is 0 Å². The largest absolute Gasteiger partial charge is 0.396 e. The Bertz CT molecular complexity index is 730. The molecule has 4 nitrogen and oxygen atoms in total. The van der Waals surface area contributed by atoms with Crippen LogP contribution in [-0.2, 0) is 0 Å². The Morgan fingerprint density at radius 2 is 1.91 bits per heavy atom. The zero-order valence-electron chi connectivity index (χ0n) is 20.7. The van der Waals surface area contributed by atoms with Crippen LogP contribution in [0.4, 0.5) is 0 Å². The van der Waals surface area contributed by atoms with Crippen molar-refractivity contribution < 1.29 is 20.4 Å². The predicted molar refractivity (Wildman–Crippen MR) is 130 cm³/mol. The van der Waals surface area contributed by atoms with Crippen LogP contribution >= 0.6 is 0 Å². The monoisotopic (exact) mass is 446 g/mol. The number of rotatable bonds is 7. The van der Waals surface area contributed by atoms with Crippen LogP contribution in [-0.4, -0.2) is 44.8 Å². The summed E-state index contributed by atoms with van der Waals surface area (Å²) in [5.74, 6) is 2.05. The van der Waals surface area contributed by atoms with Gasteiger partial charge in [-0.1, -0.05) is 51.0 Å². The smallest absolute Gasteiger partial charge is 0.0811 e. The fourth-order valence-electron chi connectivity index (χ4n) is 7.11. The van der Waals surface area contributed by atoms with Gasteiger partial charge in [0.25, 0.3) is 0 Å². The Morgan fingerprint density at radius 3 is 2.56 bits per heavy atom. The maximum atomic E-state index is 10.2. The second kappa shape index (κ2) is 10.1. The molecule has 0 radical (unpaired) electrons. The van der Waals surface area contributed by atoms with Gasteiger partial charge in [0.05, 0.1) is 17.8 Å². The van der Waals surface area contributed by atoms with Gasteiger partial charge in [0, 0.05) is 13.0 Å². The van der Waals surface area contributed by atoms with E-state index < -0.39 is 17.8 Å². The van der Waals surface area contributed by atoms with Gasteiger partial charge >= 0.3 is 0 Å². The summed E-state index contributed by atoms with van der Waals surface area (Å²) in [5.41, 5.74) is 2.69. The SMILES string of the molecule is C=C1/C(=C\C=C2/C[C@H](CO)C[C@]3(C)[C@@H]([C@H](C)CCCC(C)(C)O)CC[C@@H]23)C[C@@H](O)C[C@@H]1O. The molecule has 0 aromatic rings. The second-order valence-corrected chi connectivity index (χ2v) is 11.9. The summed E-state index contributed by atoms with van der Waals surface area (Å²) < 4.78 is 0. The van der Waals surface area contributed by atoms with E-state index in [0.717, 1.165) is 43.3 Å². The van der Waals surface area contributed by atoms with E-state index in [0.29, 0.717) is 30.6 Å². The number of allylic oxidation sites excluding steroid dienone is 3. The first-order valence-corrected chi connectivity index (χ1v) is 12.7. The fourth-order valence-corrected chi connectivity index (χ4v) is 7.11. The summed E-state index contributed by atoms with van der Waals surface area (Å²) in [4.78, 5) is 0. The predicted octanol–water partition coefficient (Wildman–Crippen LogP) is 4.92. The van der Waals surface area contributed by atoms with Crippen molar-refractivity contribution >= 4 is 0 Å². The van der Waals surface area contributed by atoms with Crippen molar-refractivity contribution in [3.05, 3.63) is 35.5 Å². The van der Waals surface area contributed by atoms with E-state index in [1.54, 1.807) is 0 Å². The minimum absolute atomic E-state index is 0.187. The first kappa shape index (κ1) is 25.7. The highest BCUT2D eigenvalue weighted by Crippen LogP contribution is 2.61. The molecule has 0 bridgehead atoms. The standard InChI is InChI=1S/C28H46O4/c1-18(7-6-12-27(3,4)32)24-10-11-25-22(13-20(17-29)16-28(24,25)5)9-8-21-14-23(30)15-26(31)19(21)2/h8-9,18,20,23-26,29-32H,2,6-7,10-17H2,1,3-5H3/b21-8-,22-9+/t18-,20+,23-,24-,25+,26+,28-/m1/s1. The molecule has 3 aliphatic carbocycles. The first-order chi connectivity index (χ1) is 14.9. The molecule has 182 valence electrons. The molecule has 3 aliphatic rings. The van der Waals surface area contributed by atoms with Crippen LogP contribution in [0.2, 0.25) is 0 Å². The molecule has 0 aromatic carbocycles. The van der Waals surface area contributed by atoms with Crippen molar-refractivity contribution in [3.8, 4) is 0 Å². The summed E-state index contributed by atoms with van der Waals surface area (Å²) >= 11 is 0. The Labute approximate surface area is 195 Å². The quantitative estimate of drug-likeness (QED) is 0.447. The molecule has 0 aromatic heterocycles. The highest BCUT2D eigenvalue weighted by molar-refractivity contribution is 5.38. The molecule has 0 amide bonds. The van der Waals surface area contributed by atoms with Crippen molar-refractivity contribution in [2.24, 2.45) is 29.1 Å². The summed E-state index contributed by atoms with van der Waals surface area (Å²) in [7, 11) is 0. The number of fused-ring (bicyclic) bond motifs is 1. The van der Waals surface area contributed by atoms with E-state index in [-0.39, 0.29) is 17.9 Å². The Kier molecular flexibility index (Phi) is 8.13. The van der Waals surface area contributed by atoms with E-state index in [4.69, 9.17) is 0 Å². The van der Waals surface area contributed by atoms with Gasteiger partial charge in [-0.15, -0.1) is 0 Å². The summed E-state index contributed by atoms with van der Waals surface area (Å²) in [6.07, 6.45) is 11.5. The molecule has 7 atom stereocenters. The highest BCUT2D eigenvalue weighted by Gasteiger charge is 2.52. The minimum atomic E-state index is -0.661. The van der Waals surface area contributed by atoms with Gasteiger partial charge in [-0.05, 0) is 92.6 Å².